The largest absolute Gasteiger partial charge is 0.507 e. The maximum absolute atomic E-state index is 14.0. The second-order valence-electron chi connectivity index (χ2n) is 10.8. The van der Waals surface area contributed by atoms with E-state index in [0.717, 1.165) is 6.08 Å². The summed E-state index contributed by atoms with van der Waals surface area (Å²) in [6, 6.07) is 1.24. The molecular formula is C30H30O12. The zero-order chi connectivity index (χ0) is 30.5. The zero-order valence-corrected chi connectivity index (χ0v) is 23.8. The molecule has 2 bridgehead atoms. The molecule has 2 heterocycles. The molecular weight excluding hydrogens is 552 g/mol. The summed E-state index contributed by atoms with van der Waals surface area (Å²) < 4.78 is 22.7. The number of carbonyl (C=O) groups is 2. The monoisotopic (exact) mass is 582 g/mol. The van der Waals surface area contributed by atoms with Gasteiger partial charge in [0.25, 0.3) is 0 Å². The number of benzene rings is 2. The van der Waals surface area contributed by atoms with Gasteiger partial charge in [-0.2, -0.15) is 0 Å². The van der Waals surface area contributed by atoms with Crippen LogP contribution in [0.2, 0.25) is 0 Å². The van der Waals surface area contributed by atoms with E-state index < -0.39 is 46.5 Å². The molecule has 5 aliphatic rings. The molecule has 0 fully saturated rings. The van der Waals surface area contributed by atoms with Crippen molar-refractivity contribution in [3.63, 3.8) is 0 Å². The first-order valence-corrected chi connectivity index (χ1v) is 13.2. The van der Waals surface area contributed by atoms with Gasteiger partial charge in [-0.3, -0.25) is 9.59 Å². The van der Waals surface area contributed by atoms with Crippen molar-refractivity contribution in [2.45, 2.75) is 50.1 Å². The van der Waals surface area contributed by atoms with Gasteiger partial charge in [-0.15, -0.1) is 0 Å². The fourth-order valence-electron chi connectivity index (χ4n) is 7.03. The van der Waals surface area contributed by atoms with Crippen molar-refractivity contribution in [2.75, 3.05) is 28.4 Å². The van der Waals surface area contributed by atoms with Gasteiger partial charge in [0.2, 0.25) is 11.4 Å². The number of fused-ring (bicyclic) bond motifs is 1. The van der Waals surface area contributed by atoms with Gasteiger partial charge in [0.05, 0.1) is 51.8 Å². The fraction of sp³-hybridized carbons (Fsp3) is 0.400. The number of allylic oxidation sites excluding steroid dienone is 2. The molecule has 0 radical (unpaired) electrons. The molecule has 2 aliphatic heterocycles. The molecule has 42 heavy (non-hydrogen) atoms. The van der Waals surface area contributed by atoms with Gasteiger partial charge in [0.15, 0.2) is 28.6 Å². The highest BCUT2D eigenvalue weighted by Crippen LogP contribution is 2.70. The molecule has 0 saturated heterocycles. The highest BCUT2D eigenvalue weighted by molar-refractivity contribution is 6.16. The van der Waals surface area contributed by atoms with Crippen molar-refractivity contribution in [3.05, 3.63) is 68.2 Å². The van der Waals surface area contributed by atoms with E-state index in [4.69, 9.17) is 28.7 Å². The molecule has 12 nitrogen and oxygen atoms in total. The van der Waals surface area contributed by atoms with Crippen LogP contribution in [0.15, 0.2) is 29.2 Å². The van der Waals surface area contributed by atoms with Gasteiger partial charge in [-0.05, 0) is 13.8 Å². The standard InChI is InChI=1S/C30H30O12/c1-11(31)7-13-21-23-20(25(35)27(13)39-5)16(34)10-18(38-4)30(23)22-17(37-3)9-15(33)19-24(22)29(21,41-42-30)14(8-12(2)32)28(40-6)26(19)36/h9-12,31-33,35H,7-8H2,1-6H3/t11-,12-,29-,30-/m0/s1. The Morgan fingerprint density at radius 1 is 0.810 bits per heavy atom. The lowest BCUT2D eigenvalue weighted by atomic mass is 9.56. The Labute approximate surface area is 240 Å². The summed E-state index contributed by atoms with van der Waals surface area (Å²) in [7, 11) is 5.26. The van der Waals surface area contributed by atoms with Crippen LogP contribution in [0.1, 0.15) is 68.8 Å². The number of ether oxygens (including phenoxy) is 4. The maximum Gasteiger partial charge on any atom is 0.231 e. The normalized spacial score (nSPS) is 24.5. The van der Waals surface area contributed by atoms with Crippen molar-refractivity contribution in [1.29, 1.82) is 0 Å². The Kier molecular flexibility index (Phi) is 6.14. The smallest absolute Gasteiger partial charge is 0.231 e. The summed E-state index contributed by atoms with van der Waals surface area (Å²) in [4.78, 5) is 40.3. The second kappa shape index (κ2) is 9.20. The van der Waals surface area contributed by atoms with E-state index in [-0.39, 0.29) is 80.4 Å². The average Bonchev–Trinajstić information content (AvgIpc) is 2.94. The first-order valence-electron chi connectivity index (χ1n) is 13.2. The summed E-state index contributed by atoms with van der Waals surface area (Å²) in [6.07, 6.45) is -1.14. The number of carbonyl (C=O) groups excluding carboxylic acids is 2. The van der Waals surface area contributed by atoms with E-state index in [2.05, 4.69) is 0 Å². The first kappa shape index (κ1) is 28.0. The van der Waals surface area contributed by atoms with Crippen molar-refractivity contribution in [1.82, 2.24) is 0 Å². The lowest BCUT2D eigenvalue weighted by Crippen LogP contribution is -2.59. The van der Waals surface area contributed by atoms with Gasteiger partial charge >= 0.3 is 0 Å². The highest BCUT2D eigenvalue weighted by atomic mass is 17.2. The summed E-state index contributed by atoms with van der Waals surface area (Å²) in [5.41, 5.74) is -3.16. The number of phenolic OH excluding ortho intramolecular Hbond substituents is 2. The third-order valence-corrected chi connectivity index (χ3v) is 8.33. The van der Waals surface area contributed by atoms with E-state index in [1.807, 2.05) is 0 Å². The van der Waals surface area contributed by atoms with E-state index in [1.165, 1.54) is 48.4 Å². The third kappa shape index (κ3) is 3.09. The minimum atomic E-state index is -1.94. The predicted molar refractivity (Wildman–Crippen MR) is 143 cm³/mol. The molecule has 0 aromatic heterocycles. The summed E-state index contributed by atoms with van der Waals surface area (Å²) in [5.74, 6) is -2.52. The van der Waals surface area contributed by atoms with Crippen molar-refractivity contribution < 1.29 is 58.7 Å². The van der Waals surface area contributed by atoms with Gasteiger partial charge in [-0.1, -0.05) is 0 Å². The van der Waals surface area contributed by atoms with Crippen LogP contribution in [-0.2, 0) is 36.9 Å². The molecule has 222 valence electrons. The minimum Gasteiger partial charge on any atom is -0.507 e. The van der Waals surface area contributed by atoms with E-state index >= 15 is 0 Å². The number of aliphatic hydroxyl groups is 2. The number of ketones is 2. The Morgan fingerprint density at radius 3 is 2.02 bits per heavy atom. The quantitative estimate of drug-likeness (QED) is 0.336. The molecule has 12 heteroatoms. The van der Waals surface area contributed by atoms with Crippen LogP contribution in [0, 0.1) is 0 Å². The Bertz CT molecular complexity index is 1650. The second-order valence-corrected chi connectivity index (χ2v) is 10.8. The molecule has 7 rings (SSSR count). The summed E-state index contributed by atoms with van der Waals surface area (Å²) in [6.45, 7) is 3.04. The van der Waals surface area contributed by atoms with Crippen LogP contribution >= 0.6 is 0 Å². The topological polar surface area (TPSA) is 170 Å². The third-order valence-electron chi connectivity index (χ3n) is 8.33. The average molecular weight is 583 g/mol. The van der Waals surface area contributed by atoms with Crippen LogP contribution < -0.4 is 9.47 Å². The van der Waals surface area contributed by atoms with E-state index in [9.17, 15) is 30.0 Å². The van der Waals surface area contributed by atoms with E-state index in [1.54, 1.807) is 0 Å². The van der Waals surface area contributed by atoms with Gasteiger partial charge in [0.1, 0.15) is 17.3 Å². The Morgan fingerprint density at radius 2 is 1.45 bits per heavy atom. The number of phenols is 2. The van der Waals surface area contributed by atoms with Crippen molar-refractivity contribution in [3.8, 4) is 23.0 Å². The lowest BCUT2D eigenvalue weighted by Gasteiger charge is -2.57. The number of hydrogen-bond acceptors (Lipinski definition) is 12. The maximum atomic E-state index is 14.0. The molecule has 4 N–H and O–H groups in total. The van der Waals surface area contributed by atoms with Crippen molar-refractivity contribution in [2.24, 2.45) is 0 Å². The van der Waals surface area contributed by atoms with Crippen molar-refractivity contribution >= 4 is 11.6 Å². The Hall–Kier alpha value is -4.10. The number of aliphatic hydroxyl groups excluding tert-OH is 2. The van der Waals surface area contributed by atoms with Gasteiger partial charge in [-0.25, -0.2) is 9.78 Å². The van der Waals surface area contributed by atoms with Crippen LogP contribution in [0.4, 0.5) is 0 Å². The number of Topliss-reactive ketones (excluding diaryl/α,β-unsaturated/α-hetero) is 1. The molecule has 0 unspecified atom stereocenters. The van der Waals surface area contributed by atoms with Crippen LogP contribution in [-0.4, -0.2) is 72.6 Å². The first-order chi connectivity index (χ1) is 20.0. The molecule has 0 saturated carbocycles. The highest BCUT2D eigenvalue weighted by Gasteiger charge is 2.71. The number of rotatable bonds is 8. The molecule has 2 aromatic carbocycles. The van der Waals surface area contributed by atoms with Gasteiger partial charge < -0.3 is 39.4 Å². The zero-order valence-electron chi connectivity index (χ0n) is 23.8. The summed E-state index contributed by atoms with van der Waals surface area (Å²) in [5, 5.41) is 44.1. The predicted octanol–water partition coefficient (Wildman–Crippen LogP) is 2.40. The number of hydrogen-bond donors (Lipinski definition) is 4. The lowest BCUT2D eigenvalue weighted by molar-refractivity contribution is -0.417. The Balaban J connectivity index is 1.97. The number of methoxy groups -OCH3 is 4. The van der Waals surface area contributed by atoms with E-state index in [0.29, 0.717) is 0 Å². The minimum absolute atomic E-state index is 0.0423. The molecule has 4 atom stereocenters. The fourth-order valence-corrected chi connectivity index (χ4v) is 7.03. The van der Waals surface area contributed by atoms with Gasteiger partial charge in [0, 0.05) is 58.4 Å². The molecule has 2 aromatic rings. The summed E-state index contributed by atoms with van der Waals surface area (Å²) >= 11 is 0. The van der Waals surface area contributed by atoms with Crippen LogP contribution in [0.25, 0.3) is 0 Å². The SMILES string of the molecule is COC1=CC(=O)c2c(O)c(OC)c(C[C@H](C)O)c3c2[C@]12OO[C@@]31C(C[C@H](C)O)=C(OC)C(=O)c3c(O)cc(OC)c2c31. The molecule has 3 aliphatic carbocycles. The molecule has 0 amide bonds. The molecule has 2 spiro atoms. The van der Waals surface area contributed by atoms with Crippen LogP contribution in [0.3, 0.4) is 0 Å². The van der Waals surface area contributed by atoms with Crippen LogP contribution in [0.5, 0.6) is 23.0 Å². The number of aromatic hydroxyl groups is 2.